The average molecular weight is 639 g/mol. The van der Waals surface area contributed by atoms with E-state index in [1.165, 1.54) is 51.9 Å². The van der Waals surface area contributed by atoms with Crippen LogP contribution in [0.25, 0.3) is 17.1 Å². The van der Waals surface area contributed by atoms with Crippen molar-refractivity contribution in [2.75, 3.05) is 5.75 Å². The number of carbonyl (C=O) groups excluding carboxylic acids is 2. The lowest BCUT2D eigenvalue weighted by Crippen LogP contribution is -2.35. The third kappa shape index (κ3) is 8.72. The number of halogens is 3. The van der Waals surface area contributed by atoms with Crippen LogP contribution in [0.5, 0.6) is 5.75 Å². The fourth-order valence-electron chi connectivity index (χ4n) is 4.71. The average Bonchev–Trinajstić information content (AvgIpc) is 3.60. The molecule has 1 saturated heterocycles. The highest BCUT2D eigenvalue weighted by Crippen LogP contribution is 2.31. The number of nitrogens with one attached hydrogen (secondary N) is 1. The fraction of sp³-hybridized carbons (Fsp3) is 0.281. The summed E-state index contributed by atoms with van der Waals surface area (Å²) in [6, 6.07) is 12.0. The Morgan fingerprint density at radius 2 is 1.84 bits per heavy atom. The Morgan fingerprint density at radius 1 is 1.16 bits per heavy atom. The van der Waals surface area contributed by atoms with Crippen LogP contribution in [0.1, 0.15) is 33.3 Å². The summed E-state index contributed by atoms with van der Waals surface area (Å²) in [6.07, 6.45) is 2.55. The summed E-state index contributed by atoms with van der Waals surface area (Å²) in [4.78, 5) is 35.7. The molecule has 0 spiro atoms. The van der Waals surface area contributed by atoms with E-state index in [9.17, 15) is 22.8 Å². The first kappa shape index (κ1) is 33.2. The molecule has 13 heteroatoms. The number of aromatic nitrogens is 3. The molecule has 1 aromatic heterocycles. The molecule has 0 radical (unpaired) electrons. The van der Waals surface area contributed by atoms with Crippen LogP contribution in [0.3, 0.4) is 0 Å². The fourth-order valence-corrected chi connectivity index (χ4v) is 5.57. The quantitative estimate of drug-likeness (QED) is 0.238. The number of ether oxygens (including phenoxy) is 1. The number of hydrogen-bond donors (Lipinski definition) is 1. The van der Waals surface area contributed by atoms with Gasteiger partial charge in [-0.1, -0.05) is 68.6 Å². The number of benzene rings is 2. The first-order chi connectivity index (χ1) is 21.4. The van der Waals surface area contributed by atoms with Gasteiger partial charge in [0, 0.05) is 11.6 Å². The molecule has 2 aromatic carbocycles. The maximum Gasteiger partial charge on any atom is 0.573 e. The summed E-state index contributed by atoms with van der Waals surface area (Å²) in [5.41, 5.74) is 3.82. The van der Waals surface area contributed by atoms with Gasteiger partial charge in [0.1, 0.15) is 12.1 Å². The number of allylic oxidation sites excluding steroid dienone is 4. The number of alkyl halides is 3. The van der Waals surface area contributed by atoms with Crippen molar-refractivity contribution in [3.05, 3.63) is 96.5 Å². The van der Waals surface area contributed by atoms with Crippen LogP contribution >= 0.6 is 11.8 Å². The van der Waals surface area contributed by atoms with Crippen molar-refractivity contribution in [1.82, 2.24) is 25.0 Å². The van der Waals surface area contributed by atoms with Crippen molar-refractivity contribution < 1.29 is 27.5 Å². The zero-order chi connectivity index (χ0) is 32.7. The highest BCUT2D eigenvalue weighted by Gasteiger charge is 2.34. The van der Waals surface area contributed by atoms with E-state index in [-0.39, 0.29) is 29.4 Å². The molecule has 1 aliphatic heterocycles. The molecule has 0 bridgehead atoms. The van der Waals surface area contributed by atoms with Gasteiger partial charge in [0.2, 0.25) is 5.91 Å². The van der Waals surface area contributed by atoms with E-state index < -0.39 is 12.4 Å². The topological polar surface area (TPSA) is 102 Å². The highest BCUT2D eigenvalue weighted by molar-refractivity contribution is 8.15. The molecule has 3 amide bonds. The van der Waals surface area contributed by atoms with Gasteiger partial charge in [-0.05, 0) is 67.7 Å². The Bertz CT molecular complexity index is 1630. The van der Waals surface area contributed by atoms with Crippen molar-refractivity contribution in [3.63, 3.8) is 0 Å². The minimum Gasteiger partial charge on any atom is -0.406 e. The molecule has 1 aliphatic rings. The van der Waals surface area contributed by atoms with Gasteiger partial charge in [-0.2, -0.15) is 4.99 Å². The van der Waals surface area contributed by atoms with Crippen molar-refractivity contribution >= 4 is 28.9 Å². The molecule has 236 valence electrons. The third-order valence-electron chi connectivity index (χ3n) is 6.66. The number of urea groups is 1. The number of aliphatic imine (C=N–C) groups is 1. The van der Waals surface area contributed by atoms with Gasteiger partial charge in [-0.25, -0.2) is 14.5 Å². The smallest absolute Gasteiger partial charge is 0.406 e. The van der Waals surface area contributed by atoms with E-state index in [1.54, 1.807) is 12.2 Å². The predicted molar refractivity (Wildman–Crippen MR) is 169 cm³/mol. The highest BCUT2D eigenvalue weighted by atomic mass is 32.2. The van der Waals surface area contributed by atoms with Crippen LogP contribution in [-0.2, 0) is 11.2 Å². The van der Waals surface area contributed by atoms with Crippen LogP contribution in [-0.4, -0.2) is 54.9 Å². The SMILES string of the molecule is C=C/C=C(\C(=C/C)C(C)C)N1C(=O)CS/C1=N\C(=O)NC(C)Cc1ccc(-c2ncn(-c3ccc(OC(F)(F)F)cc3)n2)cc1. The lowest BCUT2D eigenvalue weighted by molar-refractivity contribution is -0.274. The molecule has 2 heterocycles. The molecule has 0 aliphatic carbocycles. The number of nitrogens with zero attached hydrogens (tertiary/aromatic N) is 5. The Morgan fingerprint density at radius 3 is 2.44 bits per heavy atom. The Kier molecular flexibility index (Phi) is 10.7. The molecule has 1 unspecified atom stereocenters. The molecule has 9 nitrogen and oxygen atoms in total. The van der Waals surface area contributed by atoms with E-state index in [0.717, 1.165) is 16.7 Å². The van der Waals surface area contributed by atoms with Gasteiger partial charge in [-0.3, -0.25) is 9.69 Å². The summed E-state index contributed by atoms with van der Waals surface area (Å²) in [7, 11) is 0. The molecule has 1 atom stereocenters. The standard InChI is InChI=1S/C32H33F3N6O3S/c1-6-8-27(26(7-2)20(3)4)41-28(42)18-45-31(41)38-30(43)37-21(5)17-22-9-11-23(12-10-22)29-36-19-40(39-29)24-13-15-25(16-14-24)44-32(33,34)35/h6-16,19-21H,1,17-18H2,2-5H3,(H,37,43)/b26-7-,27-8+,38-31-. The van der Waals surface area contributed by atoms with Crippen LogP contribution in [0.4, 0.5) is 18.0 Å². The summed E-state index contributed by atoms with van der Waals surface area (Å²) in [5, 5.41) is 7.62. The molecule has 0 saturated carbocycles. The monoisotopic (exact) mass is 638 g/mol. The summed E-state index contributed by atoms with van der Waals surface area (Å²) in [5.74, 6) is 0.295. The second kappa shape index (κ2) is 14.4. The van der Waals surface area contributed by atoms with Crippen molar-refractivity contribution in [3.8, 4) is 22.8 Å². The minimum absolute atomic E-state index is 0.148. The number of hydrogen-bond acceptors (Lipinski definition) is 6. The predicted octanol–water partition coefficient (Wildman–Crippen LogP) is 7.08. The van der Waals surface area contributed by atoms with E-state index in [4.69, 9.17) is 0 Å². The van der Waals surface area contributed by atoms with E-state index in [2.05, 4.69) is 31.7 Å². The maximum atomic E-state index is 12.9. The normalized spacial score (nSPS) is 16.0. The Balaban J connectivity index is 1.38. The van der Waals surface area contributed by atoms with Crippen LogP contribution in [0.15, 0.2) is 95.9 Å². The second-order valence-corrected chi connectivity index (χ2v) is 11.3. The zero-order valence-electron chi connectivity index (χ0n) is 25.2. The van der Waals surface area contributed by atoms with E-state index >= 15 is 0 Å². The minimum atomic E-state index is -4.76. The molecular formula is C32H33F3N6O3S. The second-order valence-electron chi connectivity index (χ2n) is 10.4. The number of amidine groups is 1. The molecule has 45 heavy (non-hydrogen) atoms. The maximum absolute atomic E-state index is 12.9. The van der Waals surface area contributed by atoms with E-state index in [0.29, 0.717) is 28.8 Å². The Labute approximate surface area is 263 Å². The van der Waals surface area contributed by atoms with Crippen molar-refractivity contribution in [2.45, 2.75) is 46.5 Å². The molecule has 3 aromatic rings. The number of rotatable bonds is 10. The van der Waals surface area contributed by atoms with Crippen LogP contribution in [0.2, 0.25) is 0 Å². The van der Waals surface area contributed by atoms with Gasteiger partial charge >= 0.3 is 12.4 Å². The van der Waals surface area contributed by atoms with Gasteiger partial charge < -0.3 is 10.1 Å². The first-order valence-corrected chi connectivity index (χ1v) is 15.1. The number of amides is 3. The Hall–Kier alpha value is -4.65. The molecule has 1 fully saturated rings. The largest absolute Gasteiger partial charge is 0.573 e. The van der Waals surface area contributed by atoms with E-state index in [1.807, 2.05) is 58.0 Å². The van der Waals surface area contributed by atoms with Crippen molar-refractivity contribution in [1.29, 1.82) is 0 Å². The lowest BCUT2D eigenvalue weighted by Gasteiger charge is -2.24. The van der Waals surface area contributed by atoms with Gasteiger partial charge in [0.05, 0.1) is 17.1 Å². The van der Waals surface area contributed by atoms with Crippen LogP contribution < -0.4 is 10.1 Å². The number of thioether (sulfide) groups is 1. The lowest BCUT2D eigenvalue weighted by atomic mass is 9.98. The molecule has 4 rings (SSSR count). The van der Waals surface area contributed by atoms with Crippen molar-refractivity contribution in [2.24, 2.45) is 10.9 Å². The summed E-state index contributed by atoms with van der Waals surface area (Å²) in [6.45, 7) is 11.6. The summed E-state index contributed by atoms with van der Waals surface area (Å²) >= 11 is 1.22. The van der Waals surface area contributed by atoms with Gasteiger partial charge in [-0.15, -0.1) is 18.3 Å². The number of carbonyl (C=O) groups is 2. The zero-order valence-corrected chi connectivity index (χ0v) is 26.0. The van der Waals surface area contributed by atoms with Crippen LogP contribution in [0, 0.1) is 5.92 Å². The van der Waals surface area contributed by atoms with Gasteiger partial charge in [0.15, 0.2) is 11.0 Å². The third-order valence-corrected chi connectivity index (χ3v) is 7.58. The first-order valence-electron chi connectivity index (χ1n) is 14.1. The van der Waals surface area contributed by atoms with Gasteiger partial charge in [0.25, 0.3) is 0 Å². The molecule has 1 N–H and O–H groups in total. The molecular weight excluding hydrogens is 605 g/mol. The summed E-state index contributed by atoms with van der Waals surface area (Å²) < 4.78 is 42.6.